The Morgan fingerprint density at radius 2 is 2.13 bits per heavy atom. The average Bonchev–Trinajstić information content (AvgIpc) is 2.15. The highest BCUT2D eigenvalue weighted by atomic mass is 19.4. The van der Waals surface area contributed by atoms with E-state index in [1.54, 1.807) is 12.2 Å². The van der Waals surface area contributed by atoms with Crippen LogP contribution in [0.25, 0.3) is 0 Å². The Bertz CT molecular complexity index is 246. The normalized spacial score (nSPS) is 10.6. The topological polar surface area (TPSA) is 56.1 Å². The van der Waals surface area contributed by atoms with Gasteiger partial charge in [-0.15, -0.1) is 0 Å². The summed E-state index contributed by atoms with van der Waals surface area (Å²) in [5.74, 6) is 0. The molecule has 2 amide bonds. The van der Waals surface area contributed by atoms with Crippen LogP contribution in [0.5, 0.6) is 0 Å². The number of alkyl halides is 3. The molecule has 0 unspecified atom stereocenters. The van der Waals surface area contributed by atoms with Crippen molar-refractivity contribution in [2.75, 3.05) is 19.6 Å². The highest BCUT2D eigenvalue weighted by molar-refractivity contribution is 5.74. The van der Waals surface area contributed by atoms with Crippen molar-refractivity contribution < 1.29 is 18.0 Å². The molecular formula is C8H12F3N3O. The summed E-state index contributed by atoms with van der Waals surface area (Å²) in [7, 11) is 0. The summed E-state index contributed by atoms with van der Waals surface area (Å²) in [4.78, 5) is 12.3. The van der Waals surface area contributed by atoms with Gasteiger partial charge in [0.1, 0.15) is 6.54 Å². The molecule has 1 N–H and O–H groups in total. The van der Waals surface area contributed by atoms with E-state index < -0.39 is 18.8 Å². The summed E-state index contributed by atoms with van der Waals surface area (Å²) in [6.07, 6.45) is -4.31. The second kappa shape index (κ2) is 6.11. The number of nitrogens with zero attached hydrogens (tertiary/aromatic N) is 2. The van der Waals surface area contributed by atoms with Crippen molar-refractivity contribution in [3.63, 3.8) is 0 Å². The fourth-order valence-electron chi connectivity index (χ4n) is 0.876. The smallest absolute Gasteiger partial charge is 0.329 e. The summed E-state index contributed by atoms with van der Waals surface area (Å²) in [6.45, 7) is 0.682. The quantitative estimate of drug-likeness (QED) is 0.785. The highest BCUT2D eigenvalue weighted by Crippen LogP contribution is 2.12. The van der Waals surface area contributed by atoms with Gasteiger partial charge in [0.2, 0.25) is 0 Å². The lowest BCUT2D eigenvalue weighted by molar-refractivity contribution is -0.123. The molecule has 0 spiro atoms. The molecule has 0 aliphatic heterocycles. The first-order chi connectivity index (χ1) is 6.90. The van der Waals surface area contributed by atoms with E-state index in [9.17, 15) is 18.0 Å². The van der Waals surface area contributed by atoms with E-state index in [1.807, 2.05) is 6.07 Å². The maximum atomic E-state index is 11.7. The van der Waals surface area contributed by atoms with Crippen LogP contribution in [0.2, 0.25) is 0 Å². The lowest BCUT2D eigenvalue weighted by Gasteiger charge is -2.20. The molecule has 4 nitrogen and oxygen atoms in total. The predicted octanol–water partition coefficient (Wildman–Crippen LogP) is 1.49. The molecule has 0 aliphatic carbocycles. The minimum atomic E-state index is -4.41. The largest absolute Gasteiger partial charge is 0.405 e. The fraction of sp³-hybridized carbons (Fsp3) is 0.750. The third kappa shape index (κ3) is 6.60. The monoisotopic (exact) mass is 223 g/mol. The standard InChI is InChI=1S/C8H12F3N3O/c1-2-14(5-3-4-12)7(15)13-6-8(9,10)11/h2-3,5-6H2,1H3,(H,13,15). The van der Waals surface area contributed by atoms with Crippen LogP contribution in [0.3, 0.4) is 0 Å². The SMILES string of the molecule is CCN(CCC#N)C(=O)NCC(F)(F)F. The molecule has 0 aromatic rings. The van der Waals surface area contributed by atoms with Gasteiger partial charge in [-0.1, -0.05) is 0 Å². The number of nitriles is 1. The number of nitrogens with one attached hydrogen (secondary N) is 1. The maximum absolute atomic E-state index is 11.7. The first-order valence-electron chi connectivity index (χ1n) is 4.37. The van der Waals surface area contributed by atoms with Gasteiger partial charge in [-0.05, 0) is 6.92 Å². The second-order valence-corrected chi connectivity index (χ2v) is 2.76. The highest BCUT2D eigenvalue weighted by Gasteiger charge is 2.28. The molecule has 0 radical (unpaired) electrons. The van der Waals surface area contributed by atoms with E-state index in [2.05, 4.69) is 0 Å². The summed E-state index contributed by atoms with van der Waals surface area (Å²) in [5.41, 5.74) is 0. The van der Waals surface area contributed by atoms with Crippen LogP contribution in [0.15, 0.2) is 0 Å². The zero-order chi connectivity index (χ0) is 11.9. The molecule has 15 heavy (non-hydrogen) atoms. The molecule has 0 saturated heterocycles. The van der Waals surface area contributed by atoms with E-state index in [-0.39, 0.29) is 19.5 Å². The van der Waals surface area contributed by atoms with Crippen molar-refractivity contribution in [1.29, 1.82) is 5.26 Å². The van der Waals surface area contributed by atoms with Gasteiger partial charge < -0.3 is 10.2 Å². The lowest BCUT2D eigenvalue weighted by atomic mass is 10.4. The third-order valence-corrected chi connectivity index (χ3v) is 1.60. The molecule has 0 rings (SSSR count). The minimum Gasteiger partial charge on any atom is -0.329 e. The Hall–Kier alpha value is -1.45. The second-order valence-electron chi connectivity index (χ2n) is 2.76. The molecular weight excluding hydrogens is 211 g/mol. The van der Waals surface area contributed by atoms with E-state index >= 15 is 0 Å². The van der Waals surface area contributed by atoms with Crippen molar-refractivity contribution >= 4 is 6.03 Å². The van der Waals surface area contributed by atoms with E-state index in [0.717, 1.165) is 4.90 Å². The molecule has 0 aliphatic rings. The number of carbonyl (C=O) groups is 1. The van der Waals surface area contributed by atoms with Gasteiger partial charge in [-0.2, -0.15) is 18.4 Å². The Labute approximate surface area is 85.7 Å². The van der Waals surface area contributed by atoms with Crippen molar-refractivity contribution in [2.24, 2.45) is 0 Å². The summed E-state index contributed by atoms with van der Waals surface area (Å²) in [5, 5.41) is 10.00. The number of carbonyl (C=O) groups excluding carboxylic acids is 1. The van der Waals surface area contributed by atoms with E-state index in [4.69, 9.17) is 5.26 Å². The Morgan fingerprint density at radius 3 is 2.53 bits per heavy atom. The van der Waals surface area contributed by atoms with Gasteiger partial charge in [-0.25, -0.2) is 4.79 Å². The molecule has 0 saturated carbocycles. The van der Waals surface area contributed by atoms with Gasteiger partial charge in [-0.3, -0.25) is 0 Å². The van der Waals surface area contributed by atoms with Gasteiger partial charge in [0.15, 0.2) is 0 Å². The number of amides is 2. The van der Waals surface area contributed by atoms with Crippen LogP contribution in [-0.2, 0) is 0 Å². The van der Waals surface area contributed by atoms with Crippen LogP contribution >= 0.6 is 0 Å². The zero-order valence-corrected chi connectivity index (χ0v) is 8.26. The number of hydrogen-bond donors (Lipinski definition) is 1. The summed E-state index contributed by atoms with van der Waals surface area (Å²) in [6, 6.07) is 1.01. The molecule has 0 aromatic carbocycles. The number of rotatable bonds is 4. The number of halogens is 3. The fourth-order valence-corrected chi connectivity index (χ4v) is 0.876. The van der Waals surface area contributed by atoms with Crippen molar-refractivity contribution in [1.82, 2.24) is 10.2 Å². The van der Waals surface area contributed by atoms with Crippen molar-refractivity contribution in [3.05, 3.63) is 0 Å². The van der Waals surface area contributed by atoms with Crippen LogP contribution in [0.1, 0.15) is 13.3 Å². The molecule has 0 atom stereocenters. The van der Waals surface area contributed by atoms with E-state index in [1.165, 1.54) is 0 Å². The average molecular weight is 223 g/mol. The first-order valence-corrected chi connectivity index (χ1v) is 4.37. The molecule has 86 valence electrons. The van der Waals surface area contributed by atoms with Gasteiger partial charge in [0.25, 0.3) is 0 Å². The predicted molar refractivity (Wildman–Crippen MR) is 46.9 cm³/mol. The Balaban J connectivity index is 4.00. The Kier molecular flexibility index (Phi) is 5.52. The van der Waals surface area contributed by atoms with Crippen molar-refractivity contribution in [3.8, 4) is 6.07 Å². The Morgan fingerprint density at radius 1 is 1.53 bits per heavy atom. The molecule has 0 bridgehead atoms. The molecule has 0 aromatic heterocycles. The first kappa shape index (κ1) is 13.5. The molecule has 7 heteroatoms. The number of urea groups is 1. The van der Waals surface area contributed by atoms with Crippen LogP contribution in [-0.4, -0.2) is 36.7 Å². The lowest BCUT2D eigenvalue weighted by Crippen LogP contribution is -2.43. The maximum Gasteiger partial charge on any atom is 0.405 e. The third-order valence-electron chi connectivity index (χ3n) is 1.60. The van der Waals surface area contributed by atoms with Gasteiger partial charge >= 0.3 is 12.2 Å². The van der Waals surface area contributed by atoms with Gasteiger partial charge in [0, 0.05) is 13.1 Å². The molecule has 0 heterocycles. The van der Waals surface area contributed by atoms with Crippen LogP contribution in [0, 0.1) is 11.3 Å². The van der Waals surface area contributed by atoms with Crippen LogP contribution in [0.4, 0.5) is 18.0 Å². The minimum absolute atomic E-state index is 0.104. The summed E-state index contributed by atoms with van der Waals surface area (Å²) < 4.78 is 35.2. The van der Waals surface area contributed by atoms with Crippen molar-refractivity contribution in [2.45, 2.75) is 19.5 Å². The number of hydrogen-bond acceptors (Lipinski definition) is 2. The van der Waals surface area contributed by atoms with Gasteiger partial charge in [0.05, 0.1) is 12.5 Å². The van der Waals surface area contributed by atoms with Crippen LogP contribution < -0.4 is 5.32 Å². The van der Waals surface area contributed by atoms with E-state index in [0.29, 0.717) is 0 Å². The molecule has 0 fully saturated rings. The zero-order valence-electron chi connectivity index (χ0n) is 8.26. The summed E-state index contributed by atoms with van der Waals surface area (Å²) >= 11 is 0.